The van der Waals surface area contributed by atoms with E-state index in [1.165, 1.54) is 32.4 Å². The summed E-state index contributed by atoms with van der Waals surface area (Å²) in [6.45, 7) is 9.35. The summed E-state index contributed by atoms with van der Waals surface area (Å²) < 4.78 is 61.9. The largest absolute Gasteiger partial charge is 0.487 e. The fraction of sp³-hybridized carbons (Fsp3) is 0.417. The van der Waals surface area contributed by atoms with Crippen LogP contribution < -0.4 is 20.2 Å². The smallest absolute Gasteiger partial charge is 0.417 e. The number of carbonyl (C=O) groups is 2. The van der Waals surface area contributed by atoms with Gasteiger partial charge in [0.2, 0.25) is 0 Å². The summed E-state index contributed by atoms with van der Waals surface area (Å²) >= 11 is 5.72. The first-order valence-electron chi connectivity index (χ1n) is 16.3. The maximum atomic E-state index is 13.6. The van der Waals surface area contributed by atoms with Gasteiger partial charge in [-0.3, -0.25) is 9.59 Å². The van der Waals surface area contributed by atoms with Crippen molar-refractivity contribution in [2.45, 2.75) is 26.6 Å². The second-order valence-electron chi connectivity index (χ2n) is 11.4. The van der Waals surface area contributed by atoms with Crippen molar-refractivity contribution in [3.8, 4) is 11.5 Å². The minimum Gasteiger partial charge on any atom is -0.487 e. The summed E-state index contributed by atoms with van der Waals surface area (Å²) in [5.74, 6) is -0.868. The van der Waals surface area contributed by atoms with Crippen LogP contribution in [0.25, 0.3) is 0 Å². The van der Waals surface area contributed by atoms with E-state index in [1.54, 1.807) is 18.2 Å². The summed E-state index contributed by atoms with van der Waals surface area (Å²) in [5.41, 5.74) is 2.64. The first-order valence-corrected chi connectivity index (χ1v) is 16.7. The van der Waals surface area contributed by atoms with E-state index in [-0.39, 0.29) is 54.7 Å². The molecule has 0 saturated carbocycles. The third kappa shape index (κ3) is 13.1. The van der Waals surface area contributed by atoms with Gasteiger partial charge in [0.1, 0.15) is 13.2 Å². The lowest BCUT2D eigenvalue weighted by Crippen LogP contribution is -2.32. The van der Waals surface area contributed by atoms with Crippen molar-refractivity contribution in [2.75, 3.05) is 79.2 Å². The van der Waals surface area contributed by atoms with Crippen LogP contribution in [0.1, 0.15) is 51.3 Å². The minimum atomic E-state index is -4.68. The predicted octanol–water partition coefficient (Wildman–Crippen LogP) is 6.20. The van der Waals surface area contributed by atoms with Crippen molar-refractivity contribution in [3.63, 3.8) is 0 Å². The first-order chi connectivity index (χ1) is 24.4. The summed E-state index contributed by atoms with van der Waals surface area (Å²) in [6.07, 6.45) is -3.63. The number of ether oxygens (including phenoxy) is 4. The van der Waals surface area contributed by atoms with Crippen LogP contribution in [0.4, 0.5) is 18.9 Å². The Labute approximate surface area is 301 Å². The van der Waals surface area contributed by atoms with Gasteiger partial charge < -0.3 is 34.1 Å². The van der Waals surface area contributed by atoms with E-state index in [1.807, 2.05) is 13.1 Å². The minimum absolute atomic E-state index is 0.0459. The van der Waals surface area contributed by atoms with Crippen LogP contribution in [0.2, 0.25) is 5.02 Å². The molecule has 0 saturated heterocycles. The molecule has 278 valence electrons. The van der Waals surface area contributed by atoms with Gasteiger partial charge in [0.05, 0.1) is 41.3 Å². The fourth-order valence-corrected chi connectivity index (χ4v) is 5.09. The summed E-state index contributed by atoms with van der Waals surface area (Å²) in [4.78, 5) is 31.6. The summed E-state index contributed by atoms with van der Waals surface area (Å²) in [7, 11) is 5.05. The van der Waals surface area contributed by atoms with Crippen molar-refractivity contribution in [1.29, 1.82) is 0 Å². The molecule has 0 atom stereocenters. The van der Waals surface area contributed by atoms with Crippen molar-refractivity contribution < 1.29 is 41.7 Å². The molecule has 15 heteroatoms. The SMILES string of the molecule is CCN(CC)CCN(C)Cc1cccc(C(=O)Nc2cc(OCCOC)c(OCCOC)cc2C(=O)NN=Cc2ccc(Cl)c(C(F)(F)F)c2)c1. The van der Waals surface area contributed by atoms with E-state index in [9.17, 15) is 22.8 Å². The monoisotopic (exact) mass is 735 g/mol. The Balaban J connectivity index is 1.91. The second-order valence-corrected chi connectivity index (χ2v) is 11.8. The average molecular weight is 736 g/mol. The van der Waals surface area contributed by atoms with Gasteiger partial charge in [0.15, 0.2) is 11.5 Å². The lowest BCUT2D eigenvalue weighted by atomic mass is 10.1. The molecule has 3 rings (SSSR count). The van der Waals surface area contributed by atoms with Crippen molar-refractivity contribution in [1.82, 2.24) is 15.2 Å². The van der Waals surface area contributed by atoms with Crippen LogP contribution in [0, 0.1) is 0 Å². The van der Waals surface area contributed by atoms with Gasteiger partial charge in [-0.05, 0) is 61.6 Å². The first kappa shape index (κ1) is 41.2. The number of hydrogen-bond donors (Lipinski definition) is 2. The van der Waals surface area contributed by atoms with Gasteiger partial charge in [-0.25, -0.2) is 5.43 Å². The van der Waals surface area contributed by atoms with Gasteiger partial charge in [-0.2, -0.15) is 18.3 Å². The van der Waals surface area contributed by atoms with Gasteiger partial charge in [0.25, 0.3) is 11.8 Å². The van der Waals surface area contributed by atoms with Crippen LogP contribution in [-0.4, -0.2) is 102 Å². The quantitative estimate of drug-likeness (QED) is 0.0802. The summed E-state index contributed by atoms with van der Waals surface area (Å²) in [5, 5.41) is 6.19. The Bertz CT molecular complexity index is 1620. The highest BCUT2D eigenvalue weighted by molar-refractivity contribution is 6.31. The molecule has 0 aliphatic rings. The van der Waals surface area contributed by atoms with E-state index < -0.39 is 28.6 Å². The maximum absolute atomic E-state index is 13.6. The number of nitrogens with zero attached hydrogens (tertiary/aromatic N) is 3. The Hall–Kier alpha value is -4.21. The molecule has 0 bridgehead atoms. The molecule has 0 unspecified atom stereocenters. The number of halogens is 4. The molecule has 0 aliphatic heterocycles. The predicted molar refractivity (Wildman–Crippen MR) is 191 cm³/mol. The normalized spacial score (nSPS) is 11.7. The Morgan fingerprint density at radius 3 is 2.18 bits per heavy atom. The molecule has 51 heavy (non-hydrogen) atoms. The Kier molecular flexibility index (Phi) is 16.6. The molecule has 3 aromatic rings. The Morgan fingerprint density at radius 2 is 1.55 bits per heavy atom. The molecular weight excluding hydrogens is 691 g/mol. The Morgan fingerprint density at radius 1 is 0.882 bits per heavy atom. The average Bonchev–Trinajstić information content (AvgIpc) is 3.10. The number of hydrogen-bond acceptors (Lipinski definition) is 9. The van der Waals surface area contributed by atoms with E-state index in [0.29, 0.717) is 12.1 Å². The van der Waals surface area contributed by atoms with Crippen LogP contribution >= 0.6 is 11.6 Å². The molecule has 11 nitrogen and oxygen atoms in total. The zero-order valence-electron chi connectivity index (χ0n) is 29.4. The number of alkyl halides is 3. The van der Waals surface area contributed by atoms with Crippen LogP contribution in [0.3, 0.4) is 0 Å². The highest BCUT2D eigenvalue weighted by atomic mass is 35.5. The number of methoxy groups -OCH3 is 2. The number of anilines is 1. The number of likely N-dealkylation sites (N-methyl/N-ethyl adjacent to an activating group) is 2. The van der Waals surface area contributed by atoms with Gasteiger partial charge >= 0.3 is 6.18 Å². The van der Waals surface area contributed by atoms with E-state index in [4.69, 9.17) is 30.5 Å². The molecule has 2 N–H and O–H groups in total. The number of benzene rings is 3. The zero-order chi connectivity index (χ0) is 37.4. The molecule has 0 aliphatic carbocycles. The molecule has 0 heterocycles. The number of rotatable bonds is 20. The highest BCUT2D eigenvalue weighted by Gasteiger charge is 2.33. The van der Waals surface area contributed by atoms with Gasteiger partial charge in [0, 0.05) is 45.5 Å². The molecule has 0 fully saturated rings. The van der Waals surface area contributed by atoms with E-state index in [2.05, 4.69) is 39.5 Å². The lowest BCUT2D eigenvalue weighted by Gasteiger charge is -2.23. The highest BCUT2D eigenvalue weighted by Crippen LogP contribution is 2.36. The zero-order valence-corrected chi connectivity index (χ0v) is 30.2. The third-order valence-corrected chi connectivity index (χ3v) is 8.01. The van der Waals surface area contributed by atoms with Crippen LogP contribution in [-0.2, 0) is 22.2 Å². The van der Waals surface area contributed by atoms with Gasteiger partial charge in [-0.15, -0.1) is 0 Å². The maximum Gasteiger partial charge on any atom is 0.417 e. The van der Waals surface area contributed by atoms with Gasteiger partial charge in [-0.1, -0.05) is 43.6 Å². The molecular formula is C36H45ClF3N5O6. The molecule has 0 spiro atoms. The molecule has 3 aromatic carbocycles. The second kappa shape index (κ2) is 20.6. The summed E-state index contributed by atoms with van der Waals surface area (Å²) in [6, 6.07) is 13.2. The lowest BCUT2D eigenvalue weighted by molar-refractivity contribution is -0.137. The molecule has 2 amide bonds. The number of nitrogens with one attached hydrogen (secondary N) is 2. The number of amides is 2. The van der Waals surface area contributed by atoms with Crippen molar-refractivity contribution in [2.24, 2.45) is 5.10 Å². The number of hydrazone groups is 1. The topological polar surface area (TPSA) is 114 Å². The fourth-order valence-electron chi connectivity index (χ4n) is 4.86. The van der Waals surface area contributed by atoms with Crippen LogP contribution in [0.15, 0.2) is 59.7 Å². The van der Waals surface area contributed by atoms with E-state index >= 15 is 0 Å². The standard InChI is InChI=1S/C36H45ClF3N5O6/c1-6-45(7-2)14-13-44(3)24-26-9-8-10-27(19-26)34(46)42-31-22-33(51-18-16-49-5)32(50-17-15-48-4)21-28(31)35(47)43-41-23-25-11-12-30(37)29(20-25)36(38,39)40/h8-12,19-23H,6-7,13-18,24H2,1-5H3,(H,42,46)(H,43,47). The third-order valence-electron chi connectivity index (χ3n) is 7.68. The van der Waals surface area contributed by atoms with E-state index in [0.717, 1.165) is 50.1 Å². The van der Waals surface area contributed by atoms with Crippen molar-refractivity contribution >= 4 is 35.3 Å². The number of carbonyl (C=O) groups excluding carboxylic acids is 2. The molecule has 0 aromatic heterocycles. The molecule has 0 radical (unpaired) electrons. The van der Waals surface area contributed by atoms with Crippen LogP contribution in [0.5, 0.6) is 11.5 Å². The van der Waals surface area contributed by atoms with Crippen molar-refractivity contribution in [3.05, 3.63) is 87.4 Å².